The van der Waals surface area contributed by atoms with Crippen molar-refractivity contribution in [1.82, 2.24) is 4.90 Å². The average Bonchev–Trinajstić information content (AvgIpc) is 2.55. The van der Waals surface area contributed by atoms with Crippen molar-refractivity contribution in [3.63, 3.8) is 0 Å². The minimum Gasteiger partial charge on any atom is -0.481 e. The van der Waals surface area contributed by atoms with Crippen LogP contribution < -0.4 is 0 Å². The quantitative estimate of drug-likeness (QED) is 0.649. The maximum absolute atomic E-state index is 12.6. The van der Waals surface area contributed by atoms with Gasteiger partial charge in [-0.25, -0.2) is 0 Å². The van der Waals surface area contributed by atoms with Gasteiger partial charge in [-0.3, -0.25) is 19.3 Å². The van der Waals surface area contributed by atoms with E-state index in [1.165, 1.54) is 4.90 Å². The molecule has 1 fully saturated rings. The molecule has 0 aliphatic heterocycles. The summed E-state index contributed by atoms with van der Waals surface area (Å²) in [4.78, 5) is 37.9. The van der Waals surface area contributed by atoms with Crippen LogP contribution in [0.1, 0.15) is 90.9 Å². The first kappa shape index (κ1) is 20.7. The van der Waals surface area contributed by atoms with Crippen LogP contribution in [0.2, 0.25) is 0 Å². The summed E-state index contributed by atoms with van der Waals surface area (Å²) in [6, 6.07) is 0. The Morgan fingerprint density at radius 2 is 1.42 bits per heavy atom. The molecule has 24 heavy (non-hydrogen) atoms. The molecule has 0 bridgehead atoms. The van der Waals surface area contributed by atoms with Crippen LogP contribution >= 0.6 is 0 Å². The van der Waals surface area contributed by atoms with Gasteiger partial charge in [-0.2, -0.15) is 0 Å². The molecule has 0 unspecified atom stereocenters. The highest BCUT2D eigenvalue weighted by atomic mass is 16.4. The van der Waals surface area contributed by atoms with Gasteiger partial charge in [-0.1, -0.05) is 46.0 Å². The molecule has 0 radical (unpaired) electrons. The van der Waals surface area contributed by atoms with Crippen LogP contribution in [0.25, 0.3) is 0 Å². The van der Waals surface area contributed by atoms with Crippen molar-refractivity contribution in [1.29, 1.82) is 0 Å². The SMILES string of the molecule is CCCCC(=O)N(CC1(CC(=O)O)CCCCC1)C(=O)CCCC. The van der Waals surface area contributed by atoms with Crippen molar-refractivity contribution < 1.29 is 19.5 Å². The molecule has 2 amide bonds. The van der Waals surface area contributed by atoms with Gasteiger partial charge in [0.15, 0.2) is 0 Å². The largest absolute Gasteiger partial charge is 0.481 e. The molecule has 0 aromatic heterocycles. The lowest BCUT2D eigenvalue weighted by Gasteiger charge is -2.39. The van der Waals surface area contributed by atoms with Gasteiger partial charge in [-0.05, 0) is 31.1 Å². The van der Waals surface area contributed by atoms with Crippen molar-refractivity contribution in [3.05, 3.63) is 0 Å². The van der Waals surface area contributed by atoms with E-state index >= 15 is 0 Å². The van der Waals surface area contributed by atoms with Crippen molar-refractivity contribution in [2.75, 3.05) is 6.54 Å². The minimum absolute atomic E-state index is 0.0472. The van der Waals surface area contributed by atoms with E-state index in [1.54, 1.807) is 0 Å². The van der Waals surface area contributed by atoms with Gasteiger partial charge in [0.2, 0.25) is 11.8 Å². The van der Waals surface area contributed by atoms with Gasteiger partial charge < -0.3 is 5.11 Å². The van der Waals surface area contributed by atoms with Crippen LogP contribution in [0.4, 0.5) is 0 Å². The summed E-state index contributed by atoms with van der Waals surface area (Å²) in [5.74, 6) is -1.10. The van der Waals surface area contributed by atoms with E-state index in [1.807, 2.05) is 13.8 Å². The third-order valence-corrected chi connectivity index (χ3v) is 5.02. The third kappa shape index (κ3) is 6.62. The van der Waals surface area contributed by atoms with Crippen LogP contribution in [0.5, 0.6) is 0 Å². The van der Waals surface area contributed by atoms with Crippen LogP contribution in [0.15, 0.2) is 0 Å². The standard InChI is InChI=1S/C19H33NO4/c1-3-5-10-16(21)20(17(22)11-6-4-2)15-19(14-18(23)24)12-8-7-9-13-19/h3-15H2,1-2H3,(H,23,24). The molecule has 1 aliphatic carbocycles. The fourth-order valence-corrected chi connectivity index (χ4v) is 3.59. The molecule has 0 heterocycles. The fourth-order valence-electron chi connectivity index (χ4n) is 3.59. The van der Waals surface area contributed by atoms with Gasteiger partial charge in [0.25, 0.3) is 0 Å². The Bertz CT molecular complexity index is 407. The lowest BCUT2D eigenvalue weighted by Crippen LogP contribution is -2.46. The number of carboxylic acids is 1. The monoisotopic (exact) mass is 339 g/mol. The third-order valence-electron chi connectivity index (χ3n) is 5.02. The molecule has 0 aromatic rings. The molecule has 5 heteroatoms. The Hall–Kier alpha value is -1.39. The molecule has 1 aliphatic rings. The van der Waals surface area contributed by atoms with Crippen LogP contribution in [0, 0.1) is 5.41 Å². The second-order valence-corrected chi connectivity index (χ2v) is 7.21. The Kier molecular flexibility index (Phi) is 9.01. The molecule has 0 spiro atoms. The number of hydrogen-bond acceptors (Lipinski definition) is 3. The number of nitrogens with zero attached hydrogens (tertiary/aromatic N) is 1. The normalized spacial score (nSPS) is 16.6. The smallest absolute Gasteiger partial charge is 0.303 e. The van der Waals surface area contributed by atoms with Crippen molar-refractivity contribution in [2.45, 2.75) is 90.9 Å². The number of imide groups is 1. The van der Waals surface area contributed by atoms with Gasteiger partial charge in [0.05, 0.1) is 6.42 Å². The summed E-state index contributed by atoms with van der Waals surface area (Å²) in [6.45, 7) is 4.32. The molecular weight excluding hydrogens is 306 g/mol. The first-order valence-corrected chi connectivity index (χ1v) is 9.49. The molecule has 1 saturated carbocycles. The zero-order valence-corrected chi connectivity index (χ0v) is 15.3. The number of unbranched alkanes of at least 4 members (excludes halogenated alkanes) is 2. The molecule has 0 atom stereocenters. The highest BCUT2D eigenvalue weighted by Gasteiger charge is 2.38. The summed E-state index contributed by atoms with van der Waals surface area (Å²) in [7, 11) is 0. The topological polar surface area (TPSA) is 74.7 Å². The first-order chi connectivity index (χ1) is 11.4. The minimum atomic E-state index is -0.834. The zero-order valence-electron chi connectivity index (χ0n) is 15.3. The van der Waals surface area contributed by atoms with E-state index in [0.717, 1.165) is 57.8 Å². The highest BCUT2D eigenvalue weighted by molar-refractivity contribution is 5.95. The van der Waals surface area contributed by atoms with E-state index in [9.17, 15) is 19.5 Å². The van der Waals surface area contributed by atoms with Crippen LogP contribution in [-0.2, 0) is 14.4 Å². The molecule has 0 saturated heterocycles. The second-order valence-electron chi connectivity index (χ2n) is 7.21. The number of hydrogen-bond donors (Lipinski definition) is 1. The summed E-state index contributed by atoms with van der Waals surface area (Å²) in [5, 5.41) is 9.32. The predicted molar refractivity (Wildman–Crippen MR) is 93.5 cm³/mol. The van der Waals surface area contributed by atoms with Crippen molar-refractivity contribution in [3.8, 4) is 0 Å². The predicted octanol–water partition coefficient (Wildman–Crippen LogP) is 4.15. The Balaban J connectivity index is 2.91. The maximum Gasteiger partial charge on any atom is 0.303 e. The molecule has 0 aromatic carbocycles. The zero-order chi connectivity index (χ0) is 18.0. The van der Waals surface area contributed by atoms with Gasteiger partial charge >= 0.3 is 5.97 Å². The van der Waals surface area contributed by atoms with Gasteiger partial charge in [0.1, 0.15) is 0 Å². The molecule has 5 nitrogen and oxygen atoms in total. The number of carboxylic acid groups (broad SMARTS) is 1. The van der Waals surface area contributed by atoms with E-state index < -0.39 is 11.4 Å². The molecule has 1 rings (SSSR count). The Morgan fingerprint density at radius 1 is 0.917 bits per heavy atom. The maximum atomic E-state index is 12.6. The Labute approximate surface area is 145 Å². The van der Waals surface area contributed by atoms with Crippen molar-refractivity contribution in [2.24, 2.45) is 5.41 Å². The van der Waals surface area contributed by atoms with Crippen molar-refractivity contribution >= 4 is 17.8 Å². The van der Waals surface area contributed by atoms with Gasteiger partial charge in [0, 0.05) is 19.4 Å². The summed E-state index contributed by atoms with van der Waals surface area (Å²) < 4.78 is 0. The average molecular weight is 339 g/mol. The lowest BCUT2D eigenvalue weighted by atomic mass is 9.71. The number of amides is 2. The van der Waals surface area contributed by atoms with Crippen LogP contribution in [0.3, 0.4) is 0 Å². The first-order valence-electron chi connectivity index (χ1n) is 9.49. The van der Waals surface area contributed by atoms with Crippen LogP contribution in [-0.4, -0.2) is 34.3 Å². The lowest BCUT2D eigenvalue weighted by molar-refractivity contribution is -0.151. The second kappa shape index (κ2) is 10.5. The Morgan fingerprint density at radius 3 is 1.83 bits per heavy atom. The number of rotatable bonds is 10. The number of carbonyl (C=O) groups excluding carboxylic acids is 2. The van der Waals surface area contributed by atoms with E-state index in [2.05, 4.69) is 0 Å². The highest BCUT2D eigenvalue weighted by Crippen LogP contribution is 2.40. The fraction of sp³-hybridized carbons (Fsp3) is 0.842. The van der Waals surface area contributed by atoms with Gasteiger partial charge in [-0.15, -0.1) is 0 Å². The van der Waals surface area contributed by atoms with E-state index in [0.29, 0.717) is 12.8 Å². The molecule has 1 N–H and O–H groups in total. The number of carbonyl (C=O) groups is 3. The number of aliphatic carboxylic acids is 1. The van der Waals surface area contributed by atoms with E-state index in [-0.39, 0.29) is 24.8 Å². The summed E-state index contributed by atoms with van der Waals surface area (Å²) in [5.41, 5.74) is -0.437. The van der Waals surface area contributed by atoms with E-state index in [4.69, 9.17) is 0 Å². The summed E-state index contributed by atoms with van der Waals surface area (Å²) >= 11 is 0. The molecular formula is C19H33NO4. The molecule has 138 valence electrons. The summed E-state index contributed by atoms with van der Waals surface area (Å²) in [6.07, 6.45) is 8.78.